The molecule has 2 saturated heterocycles. The lowest BCUT2D eigenvalue weighted by Crippen LogP contribution is -2.59. The highest BCUT2D eigenvalue weighted by Gasteiger charge is 2.33. The number of nitrogens with zero attached hydrogens (tertiary/aromatic N) is 1. The summed E-state index contributed by atoms with van der Waals surface area (Å²) in [6.45, 7) is 8.92. The molecular weight excluding hydrogens is 212 g/mol. The van der Waals surface area contributed by atoms with E-state index in [-0.39, 0.29) is 0 Å². The van der Waals surface area contributed by atoms with Gasteiger partial charge in [-0.05, 0) is 19.3 Å². The lowest BCUT2D eigenvalue weighted by Gasteiger charge is -2.44. The third-order valence-corrected chi connectivity index (χ3v) is 4.19. The molecule has 2 fully saturated rings. The maximum atomic E-state index is 5.91. The van der Waals surface area contributed by atoms with Gasteiger partial charge in [0.2, 0.25) is 0 Å². The molecule has 1 N–H and O–H groups in total. The Bertz CT molecular complexity index is 216. The van der Waals surface area contributed by atoms with Crippen LogP contribution in [0.15, 0.2) is 0 Å². The van der Waals surface area contributed by atoms with Gasteiger partial charge in [-0.2, -0.15) is 0 Å². The maximum Gasteiger partial charge on any atom is 0.0855 e. The smallest absolute Gasteiger partial charge is 0.0855 e. The van der Waals surface area contributed by atoms with E-state index in [1.54, 1.807) is 0 Å². The Balaban J connectivity index is 1.88. The van der Waals surface area contributed by atoms with Gasteiger partial charge in [0.05, 0.1) is 12.7 Å². The molecule has 0 spiro atoms. The Morgan fingerprint density at radius 3 is 2.76 bits per heavy atom. The molecular formula is C14H28N2O. The molecule has 2 aliphatic heterocycles. The average molecular weight is 240 g/mol. The Kier molecular flexibility index (Phi) is 5.26. The second kappa shape index (κ2) is 6.72. The van der Waals surface area contributed by atoms with Crippen LogP contribution in [0.3, 0.4) is 0 Å². The van der Waals surface area contributed by atoms with Gasteiger partial charge in [0.1, 0.15) is 0 Å². The molecule has 0 aromatic rings. The van der Waals surface area contributed by atoms with Gasteiger partial charge in [-0.3, -0.25) is 4.90 Å². The van der Waals surface area contributed by atoms with Gasteiger partial charge in [-0.15, -0.1) is 0 Å². The summed E-state index contributed by atoms with van der Waals surface area (Å²) in [5.41, 5.74) is 0. The number of hydrogen-bond acceptors (Lipinski definition) is 3. The summed E-state index contributed by atoms with van der Waals surface area (Å²) < 4.78 is 5.91. The molecule has 0 aromatic carbocycles. The second-order valence-electron chi connectivity index (χ2n) is 5.48. The molecule has 0 amide bonds. The largest absolute Gasteiger partial charge is 0.374 e. The van der Waals surface area contributed by atoms with E-state index < -0.39 is 0 Å². The zero-order chi connectivity index (χ0) is 12.1. The molecule has 2 atom stereocenters. The second-order valence-corrected chi connectivity index (χ2v) is 5.48. The van der Waals surface area contributed by atoms with Crippen molar-refractivity contribution in [1.29, 1.82) is 0 Å². The van der Waals surface area contributed by atoms with E-state index in [1.807, 2.05) is 0 Å². The average Bonchev–Trinajstić information content (AvgIpc) is 2.38. The topological polar surface area (TPSA) is 24.5 Å². The van der Waals surface area contributed by atoms with Crippen LogP contribution in [-0.4, -0.2) is 49.3 Å². The zero-order valence-electron chi connectivity index (χ0n) is 11.5. The van der Waals surface area contributed by atoms with E-state index in [9.17, 15) is 0 Å². The van der Waals surface area contributed by atoms with Gasteiger partial charge in [0.15, 0.2) is 0 Å². The summed E-state index contributed by atoms with van der Waals surface area (Å²) in [4.78, 5) is 2.68. The highest BCUT2D eigenvalue weighted by atomic mass is 16.5. The fourth-order valence-electron chi connectivity index (χ4n) is 3.31. The molecule has 2 rings (SSSR count). The third-order valence-electron chi connectivity index (χ3n) is 4.19. The number of nitrogens with one attached hydrogen (secondary N) is 1. The molecule has 3 nitrogen and oxygen atoms in total. The van der Waals surface area contributed by atoms with Crippen LogP contribution in [0.4, 0.5) is 0 Å². The highest BCUT2D eigenvalue weighted by molar-refractivity contribution is 4.90. The minimum atomic E-state index is 0.439. The molecule has 0 unspecified atom stereocenters. The Morgan fingerprint density at radius 2 is 2.06 bits per heavy atom. The first-order valence-corrected chi connectivity index (χ1v) is 7.44. The highest BCUT2D eigenvalue weighted by Crippen LogP contribution is 2.22. The number of ether oxygens (including phenoxy) is 1. The van der Waals surface area contributed by atoms with Crippen molar-refractivity contribution in [3.05, 3.63) is 0 Å². The molecule has 17 heavy (non-hydrogen) atoms. The van der Waals surface area contributed by atoms with Crippen LogP contribution in [0.2, 0.25) is 0 Å². The quantitative estimate of drug-likeness (QED) is 0.795. The fourth-order valence-corrected chi connectivity index (χ4v) is 3.31. The first kappa shape index (κ1) is 13.3. The minimum Gasteiger partial charge on any atom is -0.374 e. The normalized spacial score (nSPS) is 30.5. The van der Waals surface area contributed by atoms with Crippen molar-refractivity contribution in [2.45, 2.75) is 64.1 Å². The predicted molar refractivity (Wildman–Crippen MR) is 71.3 cm³/mol. The minimum absolute atomic E-state index is 0.439. The summed E-state index contributed by atoms with van der Waals surface area (Å²) in [6.07, 6.45) is 6.99. The van der Waals surface area contributed by atoms with Crippen LogP contribution in [0.5, 0.6) is 0 Å². The van der Waals surface area contributed by atoms with Crippen molar-refractivity contribution in [3.63, 3.8) is 0 Å². The van der Waals surface area contributed by atoms with E-state index in [1.165, 1.54) is 38.6 Å². The molecule has 0 aromatic heterocycles. The standard InChI is InChI=1S/C14H28N2O/c1-3-5-12(6-4-2)16-9-7-13-14(11-16)17-10-8-15-13/h12-15H,3-11H2,1-2H3/t13-,14-/m1/s1. The monoisotopic (exact) mass is 240 g/mol. The Morgan fingerprint density at radius 1 is 1.29 bits per heavy atom. The van der Waals surface area contributed by atoms with Gasteiger partial charge in [-0.1, -0.05) is 26.7 Å². The molecule has 100 valence electrons. The van der Waals surface area contributed by atoms with Crippen LogP contribution in [-0.2, 0) is 4.74 Å². The fraction of sp³-hybridized carbons (Fsp3) is 1.00. The van der Waals surface area contributed by atoms with Crippen LogP contribution in [0.1, 0.15) is 46.0 Å². The summed E-state index contributed by atoms with van der Waals surface area (Å²) in [7, 11) is 0. The van der Waals surface area contributed by atoms with E-state index in [2.05, 4.69) is 24.1 Å². The molecule has 0 radical (unpaired) electrons. The van der Waals surface area contributed by atoms with E-state index in [0.29, 0.717) is 12.1 Å². The maximum absolute atomic E-state index is 5.91. The SMILES string of the molecule is CCCC(CCC)N1CC[C@H]2NCCO[C@@H]2C1. The van der Waals surface area contributed by atoms with E-state index in [0.717, 1.165) is 25.7 Å². The number of fused-ring (bicyclic) bond motifs is 1. The van der Waals surface area contributed by atoms with Gasteiger partial charge in [0.25, 0.3) is 0 Å². The Labute approximate surface area is 106 Å². The molecule has 2 heterocycles. The van der Waals surface area contributed by atoms with Crippen molar-refractivity contribution in [3.8, 4) is 0 Å². The van der Waals surface area contributed by atoms with Crippen LogP contribution >= 0.6 is 0 Å². The number of rotatable bonds is 5. The number of likely N-dealkylation sites (tertiary alicyclic amines) is 1. The molecule has 2 aliphatic rings. The van der Waals surface area contributed by atoms with Crippen molar-refractivity contribution >= 4 is 0 Å². The van der Waals surface area contributed by atoms with E-state index in [4.69, 9.17) is 4.74 Å². The lowest BCUT2D eigenvalue weighted by molar-refractivity contribution is -0.0578. The lowest BCUT2D eigenvalue weighted by atomic mass is 9.96. The molecule has 0 aliphatic carbocycles. The van der Waals surface area contributed by atoms with Crippen molar-refractivity contribution in [2.75, 3.05) is 26.2 Å². The van der Waals surface area contributed by atoms with Crippen LogP contribution < -0.4 is 5.32 Å². The van der Waals surface area contributed by atoms with Crippen molar-refractivity contribution in [1.82, 2.24) is 10.2 Å². The first-order valence-electron chi connectivity index (χ1n) is 7.44. The van der Waals surface area contributed by atoms with Gasteiger partial charge in [-0.25, -0.2) is 0 Å². The van der Waals surface area contributed by atoms with Gasteiger partial charge in [0, 0.05) is 31.7 Å². The van der Waals surface area contributed by atoms with Gasteiger partial charge < -0.3 is 10.1 Å². The summed E-state index contributed by atoms with van der Waals surface area (Å²) in [6, 6.07) is 1.40. The predicted octanol–water partition coefficient (Wildman–Crippen LogP) is 2.02. The molecule has 0 saturated carbocycles. The number of hydrogen-bond donors (Lipinski definition) is 1. The van der Waals surface area contributed by atoms with Gasteiger partial charge >= 0.3 is 0 Å². The molecule has 3 heteroatoms. The first-order chi connectivity index (χ1) is 8.35. The third kappa shape index (κ3) is 3.43. The Hall–Kier alpha value is -0.120. The summed E-state index contributed by atoms with van der Waals surface area (Å²) in [5.74, 6) is 0. The number of piperidine rings is 1. The van der Waals surface area contributed by atoms with Crippen molar-refractivity contribution in [2.24, 2.45) is 0 Å². The molecule has 0 bridgehead atoms. The summed E-state index contributed by atoms with van der Waals surface area (Å²) in [5, 5.41) is 3.59. The zero-order valence-corrected chi connectivity index (χ0v) is 11.5. The van der Waals surface area contributed by atoms with Crippen LogP contribution in [0.25, 0.3) is 0 Å². The van der Waals surface area contributed by atoms with Crippen molar-refractivity contribution < 1.29 is 4.74 Å². The van der Waals surface area contributed by atoms with Crippen LogP contribution in [0, 0.1) is 0 Å². The van der Waals surface area contributed by atoms with E-state index >= 15 is 0 Å². The number of morpholine rings is 1. The summed E-state index contributed by atoms with van der Waals surface area (Å²) >= 11 is 0.